The maximum Gasteiger partial charge on any atom is 0.387 e. The Morgan fingerprint density at radius 1 is 0.963 bits per heavy atom. The molecule has 0 aliphatic heterocycles. The van der Waals surface area contributed by atoms with Crippen molar-refractivity contribution in [2.45, 2.75) is 52.4 Å². The highest BCUT2D eigenvalue weighted by Crippen LogP contribution is 2.20. The van der Waals surface area contributed by atoms with Crippen molar-refractivity contribution in [3.63, 3.8) is 0 Å². The van der Waals surface area contributed by atoms with Gasteiger partial charge in [-0.1, -0.05) is 36.4 Å². The highest BCUT2D eigenvalue weighted by atomic mass is 19.3. The summed E-state index contributed by atoms with van der Waals surface area (Å²) in [5, 5.41) is 6.25. The van der Waals surface area contributed by atoms with E-state index in [-0.39, 0.29) is 23.7 Å². The van der Waals surface area contributed by atoms with Crippen LogP contribution in [0.1, 0.15) is 49.5 Å². The van der Waals surface area contributed by atoms with Gasteiger partial charge < -0.3 is 10.1 Å². The fraction of sp³-hybridized carbons (Fsp3) is 0.381. The molecule has 146 valence electrons. The normalized spacial score (nSPS) is 14.5. The van der Waals surface area contributed by atoms with Crippen molar-refractivity contribution in [3.05, 3.63) is 65.2 Å². The van der Waals surface area contributed by atoms with Crippen LogP contribution in [-0.4, -0.2) is 18.6 Å². The number of nitrogens with one attached hydrogen (secondary N) is 2. The number of hydrogen-bond acceptors (Lipinski definition) is 3. The number of benzene rings is 2. The molecule has 2 aromatic rings. The number of carbonyl (C=O) groups is 1. The third kappa shape index (κ3) is 6.03. The smallest absolute Gasteiger partial charge is 0.387 e. The van der Waals surface area contributed by atoms with Crippen LogP contribution in [0.5, 0.6) is 5.75 Å². The molecule has 0 saturated carbocycles. The van der Waals surface area contributed by atoms with E-state index < -0.39 is 12.7 Å². The highest BCUT2D eigenvalue weighted by molar-refractivity contribution is 5.81. The number of hydrogen-bond donors (Lipinski definition) is 2. The molecule has 0 aromatic heterocycles. The zero-order valence-corrected chi connectivity index (χ0v) is 16.0. The molecule has 3 unspecified atom stereocenters. The molecule has 0 fully saturated rings. The molecule has 2 rings (SSSR count). The zero-order valence-electron chi connectivity index (χ0n) is 16.0. The Morgan fingerprint density at radius 3 is 2.19 bits per heavy atom. The first-order chi connectivity index (χ1) is 12.8. The van der Waals surface area contributed by atoms with Crippen molar-refractivity contribution in [1.82, 2.24) is 10.6 Å². The molecule has 6 heteroatoms. The van der Waals surface area contributed by atoms with Crippen LogP contribution in [0.15, 0.2) is 48.5 Å². The van der Waals surface area contributed by atoms with Gasteiger partial charge in [-0.05, 0) is 56.5 Å². The topological polar surface area (TPSA) is 50.4 Å². The molecule has 0 bridgehead atoms. The Labute approximate surface area is 158 Å². The second-order valence-electron chi connectivity index (χ2n) is 6.64. The average molecular weight is 376 g/mol. The molecule has 3 atom stereocenters. The first kappa shape index (κ1) is 20.8. The summed E-state index contributed by atoms with van der Waals surface area (Å²) >= 11 is 0. The van der Waals surface area contributed by atoms with Gasteiger partial charge in [-0.2, -0.15) is 8.78 Å². The lowest BCUT2D eigenvalue weighted by Crippen LogP contribution is -2.44. The summed E-state index contributed by atoms with van der Waals surface area (Å²) in [6.07, 6.45) is 0. The number of halogens is 2. The third-order valence-electron chi connectivity index (χ3n) is 4.51. The van der Waals surface area contributed by atoms with Crippen LogP contribution >= 0.6 is 0 Å². The number of ether oxygens (including phenoxy) is 1. The van der Waals surface area contributed by atoms with E-state index in [1.807, 2.05) is 45.0 Å². The molecule has 0 aliphatic carbocycles. The summed E-state index contributed by atoms with van der Waals surface area (Å²) in [5.41, 5.74) is 3.09. The second kappa shape index (κ2) is 9.46. The van der Waals surface area contributed by atoms with Crippen LogP contribution in [0.4, 0.5) is 8.78 Å². The SMILES string of the molecule is Cc1ccccc1C(C)NC(=O)C(C)NC(C)c1ccc(OC(F)F)cc1. The van der Waals surface area contributed by atoms with Gasteiger partial charge in [0.2, 0.25) is 5.91 Å². The number of amides is 1. The first-order valence-electron chi connectivity index (χ1n) is 8.94. The fourth-order valence-electron chi connectivity index (χ4n) is 2.97. The summed E-state index contributed by atoms with van der Waals surface area (Å²) in [6.45, 7) is 4.84. The highest BCUT2D eigenvalue weighted by Gasteiger charge is 2.19. The number of carbonyl (C=O) groups excluding carboxylic acids is 1. The van der Waals surface area contributed by atoms with E-state index >= 15 is 0 Å². The molecule has 2 aromatic carbocycles. The molecule has 0 radical (unpaired) electrons. The van der Waals surface area contributed by atoms with E-state index in [9.17, 15) is 13.6 Å². The summed E-state index contributed by atoms with van der Waals surface area (Å²) in [6, 6.07) is 13.7. The van der Waals surface area contributed by atoms with Crippen molar-refractivity contribution < 1.29 is 18.3 Å². The zero-order chi connectivity index (χ0) is 20.0. The van der Waals surface area contributed by atoms with E-state index in [1.165, 1.54) is 12.1 Å². The lowest BCUT2D eigenvalue weighted by Gasteiger charge is -2.23. The molecule has 27 heavy (non-hydrogen) atoms. The maximum absolute atomic E-state index is 12.5. The lowest BCUT2D eigenvalue weighted by molar-refractivity contribution is -0.123. The quantitative estimate of drug-likeness (QED) is 0.713. The van der Waals surface area contributed by atoms with Crippen LogP contribution in [0, 0.1) is 6.92 Å². The van der Waals surface area contributed by atoms with Gasteiger partial charge in [0.05, 0.1) is 12.1 Å². The monoisotopic (exact) mass is 376 g/mol. The lowest BCUT2D eigenvalue weighted by atomic mass is 10.0. The van der Waals surface area contributed by atoms with Gasteiger partial charge in [0.25, 0.3) is 0 Å². The maximum atomic E-state index is 12.5. The minimum atomic E-state index is -2.84. The van der Waals surface area contributed by atoms with Gasteiger partial charge in [0.1, 0.15) is 5.75 Å². The van der Waals surface area contributed by atoms with E-state index in [2.05, 4.69) is 15.4 Å². The molecule has 0 spiro atoms. The molecule has 4 nitrogen and oxygen atoms in total. The van der Waals surface area contributed by atoms with Crippen LogP contribution < -0.4 is 15.4 Å². The number of alkyl halides is 2. The first-order valence-corrected chi connectivity index (χ1v) is 8.94. The standard InChI is InChI=1S/C21H26F2N2O2/c1-13-7-5-6-8-19(13)15(3)25-20(26)16(4)24-14(2)17-9-11-18(12-10-17)27-21(22)23/h5-12,14-16,21,24H,1-4H3,(H,25,26). The molecule has 0 heterocycles. The van der Waals surface area contributed by atoms with Gasteiger partial charge in [-0.25, -0.2) is 0 Å². The number of aryl methyl sites for hydroxylation is 1. The Bertz CT molecular complexity index is 750. The van der Waals surface area contributed by atoms with Gasteiger partial charge in [-0.15, -0.1) is 0 Å². The van der Waals surface area contributed by atoms with Crippen LogP contribution in [0.3, 0.4) is 0 Å². The summed E-state index contributed by atoms with van der Waals surface area (Å²) in [7, 11) is 0. The largest absolute Gasteiger partial charge is 0.435 e. The van der Waals surface area contributed by atoms with Crippen LogP contribution in [-0.2, 0) is 4.79 Å². The minimum absolute atomic E-state index is 0.0935. The molecule has 0 aliphatic rings. The molecule has 1 amide bonds. The van der Waals surface area contributed by atoms with Crippen molar-refractivity contribution >= 4 is 5.91 Å². The molecular formula is C21H26F2N2O2. The van der Waals surface area contributed by atoms with E-state index in [1.54, 1.807) is 19.1 Å². The molecule has 0 saturated heterocycles. The fourth-order valence-corrected chi connectivity index (χ4v) is 2.97. The van der Waals surface area contributed by atoms with Crippen molar-refractivity contribution in [2.24, 2.45) is 0 Å². The predicted molar refractivity (Wildman–Crippen MR) is 102 cm³/mol. The Balaban J connectivity index is 1.92. The van der Waals surface area contributed by atoms with E-state index in [4.69, 9.17) is 0 Å². The number of rotatable bonds is 8. The van der Waals surface area contributed by atoms with Crippen molar-refractivity contribution in [1.29, 1.82) is 0 Å². The van der Waals surface area contributed by atoms with Gasteiger partial charge in [0.15, 0.2) is 0 Å². The van der Waals surface area contributed by atoms with Crippen LogP contribution in [0.25, 0.3) is 0 Å². The minimum Gasteiger partial charge on any atom is -0.435 e. The van der Waals surface area contributed by atoms with Crippen molar-refractivity contribution in [2.75, 3.05) is 0 Å². The van der Waals surface area contributed by atoms with E-state index in [0.29, 0.717) is 0 Å². The summed E-state index contributed by atoms with van der Waals surface area (Å²) in [4.78, 5) is 12.5. The Kier molecular flexibility index (Phi) is 7.30. The molecule has 2 N–H and O–H groups in total. The van der Waals surface area contributed by atoms with Gasteiger partial charge in [0, 0.05) is 6.04 Å². The summed E-state index contributed by atoms with van der Waals surface area (Å²) < 4.78 is 28.8. The second-order valence-corrected chi connectivity index (χ2v) is 6.64. The predicted octanol–water partition coefficient (Wildman–Crippen LogP) is 4.51. The Morgan fingerprint density at radius 2 is 1.59 bits per heavy atom. The Hall–Kier alpha value is -2.47. The van der Waals surface area contributed by atoms with Crippen LogP contribution in [0.2, 0.25) is 0 Å². The van der Waals surface area contributed by atoms with E-state index in [0.717, 1.165) is 16.7 Å². The third-order valence-corrected chi connectivity index (χ3v) is 4.51. The molecular weight excluding hydrogens is 350 g/mol. The summed E-state index contributed by atoms with van der Waals surface area (Å²) in [5.74, 6) is 0.00838. The van der Waals surface area contributed by atoms with Crippen molar-refractivity contribution in [3.8, 4) is 5.75 Å². The average Bonchev–Trinajstić information content (AvgIpc) is 2.61. The van der Waals surface area contributed by atoms with Gasteiger partial charge >= 0.3 is 6.61 Å². The van der Waals surface area contributed by atoms with Gasteiger partial charge in [-0.3, -0.25) is 10.1 Å².